The van der Waals surface area contributed by atoms with Crippen molar-refractivity contribution < 1.29 is 9.13 Å². The molecule has 1 heterocycles. The van der Waals surface area contributed by atoms with Crippen LogP contribution in [0.4, 0.5) is 4.39 Å². The van der Waals surface area contributed by atoms with Crippen molar-refractivity contribution in [1.82, 2.24) is 15.5 Å². The molecule has 1 unspecified atom stereocenters. The fourth-order valence-corrected chi connectivity index (χ4v) is 3.11. The van der Waals surface area contributed by atoms with Gasteiger partial charge in [-0.25, -0.2) is 4.39 Å². The zero-order chi connectivity index (χ0) is 18.6. The predicted octanol–water partition coefficient (Wildman–Crippen LogP) is 3.02. The van der Waals surface area contributed by atoms with Crippen molar-refractivity contribution in [3.63, 3.8) is 0 Å². The third kappa shape index (κ3) is 7.60. The van der Waals surface area contributed by atoms with Crippen molar-refractivity contribution in [2.24, 2.45) is 4.99 Å². The molecule has 0 spiro atoms. The number of benzene rings is 1. The summed E-state index contributed by atoms with van der Waals surface area (Å²) in [7, 11) is 1.77. The van der Waals surface area contributed by atoms with Crippen LogP contribution in [0.25, 0.3) is 0 Å². The van der Waals surface area contributed by atoms with Crippen LogP contribution in [-0.4, -0.2) is 56.7 Å². The summed E-state index contributed by atoms with van der Waals surface area (Å²) in [5, 5.41) is 6.65. The Kier molecular flexibility index (Phi) is 9.24. The molecule has 0 aliphatic carbocycles. The fourth-order valence-electron chi connectivity index (χ4n) is 3.11. The number of ether oxygens (including phenoxy) is 1. The fraction of sp³-hybridized carbons (Fsp3) is 0.650. The van der Waals surface area contributed by atoms with Crippen molar-refractivity contribution in [2.45, 2.75) is 45.1 Å². The number of rotatable bonds is 10. The van der Waals surface area contributed by atoms with Gasteiger partial charge in [0.2, 0.25) is 0 Å². The van der Waals surface area contributed by atoms with E-state index in [9.17, 15) is 4.39 Å². The van der Waals surface area contributed by atoms with Gasteiger partial charge in [0.05, 0.1) is 6.54 Å². The number of likely N-dealkylation sites (tertiary alicyclic amines) is 1. The second-order valence-electron chi connectivity index (χ2n) is 6.74. The van der Waals surface area contributed by atoms with Crippen molar-refractivity contribution in [2.75, 3.05) is 39.8 Å². The van der Waals surface area contributed by atoms with Gasteiger partial charge in [-0.3, -0.25) is 4.99 Å². The van der Waals surface area contributed by atoms with E-state index >= 15 is 0 Å². The van der Waals surface area contributed by atoms with Crippen LogP contribution in [0.5, 0.6) is 5.75 Å². The first-order valence-electron chi connectivity index (χ1n) is 9.80. The molecule has 0 radical (unpaired) electrons. The minimum atomic E-state index is -0.281. The van der Waals surface area contributed by atoms with Gasteiger partial charge < -0.3 is 20.3 Å². The number of unbranched alkanes of at least 4 members (excludes halogenated alkanes) is 1. The molecule has 0 aromatic heterocycles. The number of hydrogen-bond acceptors (Lipinski definition) is 3. The Morgan fingerprint density at radius 3 is 2.77 bits per heavy atom. The maximum atomic E-state index is 13.3. The number of guanidine groups is 1. The summed E-state index contributed by atoms with van der Waals surface area (Å²) >= 11 is 0. The van der Waals surface area contributed by atoms with Crippen molar-refractivity contribution in [3.8, 4) is 5.75 Å². The van der Waals surface area contributed by atoms with Crippen molar-refractivity contribution in [3.05, 3.63) is 30.1 Å². The lowest BCUT2D eigenvalue weighted by molar-refractivity contribution is 0.199. The van der Waals surface area contributed by atoms with Crippen molar-refractivity contribution in [1.29, 1.82) is 0 Å². The van der Waals surface area contributed by atoms with E-state index in [1.165, 1.54) is 51.0 Å². The van der Waals surface area contributed by atoms with E-state index < -0.39 is 0 Å². The maximum Gasteiger partial charge on any atom is 0.191 e. The highest BCUT2D eigenvalue weighted by Crippen LogP contribution is 2.14. The molecule has 2 rings (SSSR count). The molecule has 6 heteroatoms. The van der Waals surface area contributed by atoms with E-state index in [2.05, 4.69) is 27.4 Å². The van der Waals surface area contributed by atoms with Gasteiger partial charge >= 0.3 is 0 Å². The predicted molar refractivity (Wildman–Crippen MR) is 105 cm³/mol. The lowest BCUT2D eigenvalue weighted by Gasteiger charge is -2.20. The smallest absolute Gasteiger partial charge is 0.191 e. The molecule has 1 aliphatic rings. The minimum absolute atomic E-state index is 0.0366. The van der Waals surface area contributed by atoms with Gasteiger partial charge in [-0.05, 0) is 63.9 Å². The number of hydrogen-bond donors (Lipinski definition) is 2. The Hall–Kier alpha value is -1.82. The summed E-state index contributed by atoms with van der Waals surface area (Å²) in [6.45, 7) is 7.32. The highest BCUT2D eigenvalue weighted by molar-refractivity contribution is 5.79. The van der Waals surface area contributed by atoms with Crippen molar-refractivity contribution >= 4 is 5.96 Å². The Morgan fingerprint density at radius 2 is 2.08 bits per heavy atom. The minimum Gasteiger partial charge on any atom is -0.489 e. The first kappa shape index (κ1) is 20.5. The van der Waals surface area contributed by atoms with E-state index in [0.717, 1.165) is 25.3 Å². The second-order valence-corrected chi connectivity index (χ2v) is 6.74. The number of nitrogens with one attached hydrogen (secondary N) is 2. The van der Waals surface area contributed by atoms with Gasteiger partial charge in [0.1, 0.15) is 17.7 Å². The van der Waals surface area contributed by atoms with Gasteiger partial charge in [0.25, 0.3) is 0 Å². The summed E-state index contributed by atoms with van der Waals surface area (Å²) in [5.41, 5.74) is 0. The second kappa shape index (κ2) is 11.7. The van der Waals surface area contributed by atoms with Gasteiger partial charge in [-0.1, -0.05) is 13.0 Å². The van der Waals surface area contributed by atoms with E-state index in [1.807, 2.05) is 0 Å². The van der Waals surface area contributed by atoms with Gasteiger partial charge in [-0.2, -0.15) is 0 Å². The molecule has 0 amide bonds. The molecule has 1 fully saturated rings. The van der Waals surface area contributed by atoms with Crippen LogP contribution < -0.4 is 15.4 Å². The third-order valence-corrected chi connectivity index (χ3v) is 4.67. The van der Waals surface area contributed by atoms with E-state index in [4.69, 9.17) is 4.74 Å². The first-order valence-corrected chi connectivity index (χ1v) is 9.80. The molecule has 26 heavy (non-hydrogen) atoms. The van der Waals surface area contributed by atoms with Crippen LogP contribution in [0.2, 0.25) is 0 Å². The Morgan fingerprint density at radius 1 is 1.27 bits per heavy atom. The molecule has 0 bridgehead atoms. The Labute approximate surface area is 157 Å². The molecule has 0 saturated carbocycles. The highest BCUT2D eigenvalue weighted by atomic mass is 19.1. The molecule has 1 aromatic carbocycles. The molecule has 1 aromatic rings. The summed E-state index contributed by atoms with van der Waals surface area (Å²) in [6.07, 6.45) is 5.84. The molecular weight excluding hydrogens is 331 g/mol. The lowest BCUT2D eigenvalue weighted by atomic mass is 10.2. The summed E-state index contributed by atoms with van der Waals surface area (Å²) < 4.78 is 19.1. The quantitative estimate of drug-likeness (QED) is 0.381. The molecule has 5 nitrogen and oxygen atoms in total. The number of halogens is 1. The topological polar surface area (TPSA) is 48.9 Å². The van der Waals surface area contributed by atoms with Crippen LogP contribution in [0.15, 0.2) is 29.3 Å². The SMILES string of the molecule is CCC(CNC(=NC)NCCCCN1CCCC1)Oc1cccc(F)c1. The summed E-state index contributed by atoms with van der Waals surface area (Å²) in [4.78, 5) is 6.80. The molecule has 1 aliphatic heterocycles. The standard InChI is InChI=1S/C20H33FN4O/c1-3-18(26-19-10-8-9-17(21)15-19)16-24-20(22-2)23-11-4-5-12-25-13-6-7-14-25/h8-10,15,18H,3-7,11-14,16H2,1-2H3,(H2,22,23,24). The molecule has 1 saturated heterocycles. The van der Waals surface area contributed by atoms with Gasteiger partial charge in [0, 0.05) is 19.7 Å². The molecular formula is C20H33FN4O. The van der Waals surface area contributed by atoms with E-state index in [-0.39, 0.29) is 11.9 Å². The zero-order valence-corrected chi connectivity index (χ0v) is 16.1. The van der Waals surface area contributed by atoms with Crippen LogP contribution in [0.3, 0.4) is 0 Å². The number of aliphatic imine (C=N–C) groups is 1. The van der Waals surface area contributed by atoms with Gasteiger partial charge in [-0.15, -0.1) is 0 Å². The zero-order valence-electron chi connectivity index (χ0n) is 16.1. The highest BCUT2D eigenvalue weighted by Gasteiger charge is 2.11. The first-order chi connectivity index (χ1) is 12.7. The molecule has 2 N–H and O–H groups in total. The third-order valence-electron chi connectivity index (χ3n) is 4.67. The Bertz CT molecular complexity index is 546. The molecule has 146 valence electrons. The largest absolute Gasteiger partial charge is 0.489 e. The maximum absolute atomic E-state index is 13.3. The van der Waals surface area contributed by atoms with Gasteiger partial charge in [0.15, 0.2) is 5.96 Å². The monoisotopic (exact) mass is 364 g/mol. The van der Waals surface area contributed by atoms with Crippen LogP contribution in [0.1, 0.15) is 39.0 Å². The van der Waals surface area contributed by atoms with E-state index in [1.54, 1.807) is 19.2 Å². The summed E-state index contributed by atoms with van der Waals surface area (Å²) in [5.74, 6) is 1.06. The average Bonchev–Trinajstić information content (AvgIpc) is 3.16. The molecule has 1 atom stereocenters. The lowest BCUT2D eigenvalue weighted by Crippen LogP contribution is -2.42. The average molecular weight is 365 g/mol. The number of nitrogens with zero attached hydrogens (tertiary/aromatic N) is 2. The summed E-state index contributed by atoms with van der Waals surface area (Å²) in [6, 6.07) is 6.27. The van der Waals surface area contributed by atoms with E-state index in [0.29, 0.717) is 12.3 Å². The Balaban J connectivity index is 1.62. The van der Waals surface area contributed by atoms with Crippen LogP contribution in [0, 0.1) is 5.82 Å². The van der Waals surface area contributed by atoms with Crippen LogP contribution >= 0.6 is 0 Å². The normalized spacial score (nSPS) is 16.5. The van der Waals surface area contributed by atoms with Crippen LogP contribution in [-0.2, 0) is 0 Å².